The number of rotatable bonds is 6. The van der Waals surface area contributed by atoms with E-state index < -0.39 is 5.60 Å². The lowest BCUT2D eigenvalue weighted by Gasteiger charge is -2.44. The molecule has 0 aromatic heterocycles. The Morgan fingerprint density at radius 2 is 1.97 bits per heavy atom. The number of nitrogens with zero attached hydrogens (tertiary/aromatic N) is 1. The van der Waals surface area contributed by atoms with Gasteiger partial charge >= 0.3 is 0 Å². The molecule has 1 fully saturated rings. The number of halogens is 1. The topological polar surface area (TPSA) is 65.1 Å². The van der Waals surface area contributed by atoms with Gasteiger partial charge in [0, 0.05) is 32.4 Å². The van der Waals surface area contributed by atoms with Gasteiger partial charge in [-0.2, -0.15) is 0 Å². The van der Waals surface area contributed by atoms with Crippen molar-refractivity contribution in [3.05, 3.63) is 53.1 Å². The maximum atomic E-state index is 12.7. The van der Waals surface area contributed by atoms with E-state index in [9.17, 15) is 9.59 Å². The maximum absolute atomic E-state index is 12.7. The molecule has 0 aliphatic carbocycles. The van der Waals surface area contributed by atoms with Crippen molar-refractivity contribution in [1.82, 2.24) is 4.90 Å². The number of Topliss-reactive ketones (excluding diaryl/α,β-unsaturated/α-hetero) is 1. The van der Waals surface area contributed by atoms with Crippen molar-refractivity contribution < 1.29 is 23.8 Å². The first-order valence-electron chi connectivity index (χ1n) is 10.5. The zero-order valence-corrected chi connectivity index (χ0v) is 18.3. The predicted octanol–water partition coefficient (Wildman–Crippen LogP) is 4.53. The lowest BCUT2D eigenvalue weighted by atomic mass is 9.82. The molecule has 164 valence electrons. The molecule has 1 saturated heterocycles. The van der Waals surface area contributed by atoms with Crippen LogP contribution in [0.25, 0.3) is 0 Å². The van der Waals surface area contributed by atoms with Crippen molar-refractivity contribution in [2.24, 2.45) is 0 Å². The van der Waals surface area contributed by atoms with E-state index in [0.717, 1.165) is 0 Å². The van der Waals surface area contributed by atoms with Crippen LogP contribution < -0.4 is 14.2 Å². The highest BCUT2D eigenvalue weighted by atomic mass is 35.5. The van der Waals surface area contributed by atoms with Gasteiger partial charge in [0.1, 0.15) is 22.8 Å². The number of likely N-dealkylation sites (tertiary alicyclic amines) is 1. The molecule has 2 aliphatic heterocycles. The summed E-state index contributed by atoms with van der Waals surface area (Å²) < 4.78 is 17.1. The summed E-state index contributed by atoms with van der Waals surface area (Å²) in [4.78, 5) is 27.2. The van der Waals surface area contributed by atoms with E-state index in [1.165, 1.54) is 0 Å². The minimum atomic E-state index is -0.525. The SMILES string of the molecule is COc1ccc2c(c1)C(=O)CC1(CCN(C(=O)CCCOc3ccccc3Cl)CC1)O2. The van der Waals surface area contributed by atoms with Crippen LogP contribution in [0.1, 0.15) is 42.5 Å². The molecule has 6 nitrogen and oxygen atoms in total. The molecule has 2 aromatic rings. The zero-order valence-electron chi connectivity index (χ0n) is 17.6. The van der Waals surface area contributed by atoms with Gasteiger partial charge in [-0.1, -0.05) is 23.7 Å². The first kappa shape index (κ1) is 21.5. The number of carbonyl (C=O) groups is 2. The number of ketones is 1. The minimum Gasteiger partial charge on any atom is -0.497 e. The molecule has 0 radical (unpaired) electrons. The van der Waals surface area contributed by atoms with Crippen LogP contribution in [-0.2, 0) is 4.79 Å². The van der Waals surface area contributed by atoms with E-state index in [4.69, 9.17) is 25.8 Å². The molecule has 0 N–H and O–H groups in total. The number of ether oxygens (including phenoxy) is 3. The second-order valence-electron chi connectivity index (χ2n) is 8.01. The van der Waals surface area contributed by atoms with Crippen LogP contribution in [0.4, 0.5) is 0 Å². The number of fused-ring (bicyclic) bond motifs is 1. The summed E-state index contributed by atoms with van der Waals surface area (Å²) >= 11 is 6.07. The molecule has 0 bridgehead atoms. The molecule has 0 atom stereocenters. The van der Waals surface area contributed by atoms with Crippen LogP contribution in [-0.4, -0.2) is 49.0 Å². The summed E-state index contributed by atoms with van der Waals surface area (Å²) in [5, 5.41) is 0.567. The van der Waals surface area contributed by atoms with Gasteiger partial charge < -0.3 is 19.1 Å². The quantitative estimate of drug-likeness (QED) is 0.613. The van der Waals surface area contributed by atoms with Gasteiger partial charge in [-0.3, -0.25) is 9.59 Å². The standard InChI is InChI=1S/C24H26ClNO5/c1-29-17-8-9-21-18(15-17)20(27)16-24(31-21)10-12-26(13-11-24)23(28)7-4-14-30-22-6-3-2-5-19(22)25/h2-3,5-6,8-9,15H,4,7,10-14,16H2,1H3. The Bertz CT molecular complexity index is 968. The Hall–Kier alpha value is -2.73. The molecule has 2 aliphatic rings. The van der Waals surface area contributed by atoms with E-state index in [2.05, 4.69) is 0 Å². The fourth-order valence-corrected chi connectivity index (χ4v) is 4.36. The molecule has 31 heavy (non-hydrogen) atoms. The van der Waals surface area contributed by atoms with Gasteiger partial charge in [-0.05, 0) is 36.8 Å². The first-order valence-corrected chi connectivity index (χ1v) is 10.9. The smallest absolute Gasteiger partial charge is 0.222 e. The molecule has 1 amide bonds. The molecular weight excluding hydrogens is 418 g/mol. The van der Waals surface area contributed by atoms with Gasteiger partial charge in [-0.25, -0.2) is 0 Å². The Balaban J connectivity index is 1.27. The molecule has 1 spiro atoms. The van der Waals surface area contributed by atoms with E-state index in [1.807, 2.05) is 23.1 Å². The lowest BCUT2D eigenvalue weighted by molar-refractivity contribution is -0.135. The molecule has 2 aromatic carbocycles. The third kappa shape index (κ3) is 4.79. The van der Waals surface area contributed by atoms with Crippen molar-refractivity contribution in [3.8, 4) is 17.2 Å². The number of carbonyl (C=O) groups excluding carboxylic acids is 2. The number of hydrogen-bond acceptors (Lipinski definition) is 5. The predicted molar refractivity (Wildman–Crippen MR) is 117 cm³/mol. The van der Waals surface area contributed by atoms with Crippen molar-refractivity contribution in [1.29, 1.82) is 0 Å². The monoisotopic (exact) mass is 443 g/mol. The molecule has 0 saturated carbocycles. The van der Waals surface area contributed by atoms with Crippen LogP contribution in [0.2, 0.25) is 5.02 Å². The Kier molecular flexibility index (Phi) is 6.37. The highest BCUT2D eigenvalue weighted by Gasteiger charge is 2.43. The summed E-state index contributed by atoms with van der Waals surface area (Å²) in [7, 11) is 1.58. The number of hydrogen-bond donors (Lipinski definition) is 0. The van der Waals surface area contributed by atoms with Crippen LogP contribution in [0.3, 0.4) is 0 Å². The van der Waals surface area contributed by atoms with E-state index in [1.54, 1.807) is 31.4 Å². The van der Waals surface area contributed by atoms with Crippen LogP contribution in [0.5, 0.6) is 17.2 Å². The Morgan fingerprint density at radius 3 is 2.71 bits per heavy atom. The molecule has 0 unspecified atom stereocenters. The molecule has 2 heterocycles. The van der Waals surface area contributed by atoms with Gasteiger partial charge in [0.25, 0.3) is 0 Å². The fourth-order valence-electron chi connectivity index (χ4n) is 4.17. The number of piperidine rings is 1. The number of para-hydroxylation sites is 1. The summed E-state index contributed by atoms with van der Waals surface area (Å²) in [6, 6.07) is 12.6. The van der Waals surface area contributed by atoms with Crippen LogP contribution >= 0.6 is 11.6 Å². The molecular formula is C24H26ClNO5. The van der Waals surface area contributed by atoms with Gasteiger partial charge in [0.15, 0.2) is 5.78 Å². The van der Waals surface area contributed by atoms with Gasteiger partial charge in [-0.15, -0.1) is 0 Å². The third-order valence-corrected chi connectivity index (χ3v) is 6.27. The third-order valence-electron chi connectivity index (χ3n) is 5.95. The van der Waals surface area contributed by atoms with Crippen LogP contribution in [0.15, 0.2) is 42.5 Å². The van der Waals surface area contributed by atoms with Crippen LogP contribution in [0, 0.1) is 0 Å². The van der Waals surface area contributed by atoms with Crippen molar-refractivity contribution >= 4 is 23.3 Å². The maximum Gasteiger partial charge on any atom is 0.222 e. The summed E-state index contributed by atoms with van der Waals surface area (Å²) in [6.07, 6.45) is 2.66. The highest BCUT2D eigenvalue weighted by Crippen LogP contribution is 2.40. The first-order chi connectivity index (χ1) is 15.0. The lowest BCUT2D eigenvalue weighted by Crippen LogP contribution is -2.52. The highest BCUT2D eigenvalue weighted by molar-refractivity contribution is 6.32. The van der Waals surface area contributed by atoms with E-state index in [-0.39, 0.29) is 11.7 Å². The summed E-state index contributed by atoms with van der Waals surface area (Å²) in [6.45, 7) is 1.61. The van der Waals surface area contributed by atoms with Crippen molar-refractivity contribution in [2.75, 3.05) is 26.8 Å². The second-order valence-corrected chi connectivity index (χ2v) is 8.42. The minimum absolute atomic E-state index is 0.0663. The van der Waals surface area contributed by atoms with Crippen molar-refractivity contribution in [2.45, 2.75) is 37.7 Å². The number of benzene rings is 2. The summed E-state index contributed by atoms with van der Waals surface area (Å²) in [5.41, 5.74) is 0.0461. The van der Waals surface area contributed by atoms with Crippen molar-refractivity contribution in [3.63, 3.8) is 0 Å². The zero-order chi connectivity index (χ0) is 21.8. The number of amides is 1. The van der Waals surface area contributed by atoms with Gasteiger partial charge in [0.05, 0.1) is 30.7 Å². The Morgan fingerprint density at radius 1 is 1.19 bits per heavy atom. The summed E-state index contributed by atoms with van der Waals surface area (Å²) in [5.74, 6) is 2.05. The van der Waals surface area contributed by atoms with E-state index in [0.29, 0.717) is 79.6 Å². The normalized spacial score (nSPS) is 17.1. The Labute approximate surface area is 187 Å². The molecule has 4 rings (SSSR count). The van der Waals surface area contributed by atoms with E-state index >= 15 is 0 Å². The number of methoxy groups -OCH3 is 1. The molecule has 7 heteroatoms. The average molecular weight is 444 g/mol. The largest absolute Gasteiger partial charge is 0.497 e. The fraction of sp³-hybridized carbons (Fsp3) is 0.417. The average Bonchev–Trinajstić information content (AvgIpc) is 2.78. The second kappa shape index (κ2) is 9.18. The van der Waals surface area contributed by atoms with Gasteiger partial charge in [0.2, 0.25) is 5.91 Å².